The third kappa shape index (κ3) is 6.76. The van der Waals surface area contributed by atoms with Crippen molar-refractivity contribution in [2.45, 2.75) is 46.1 Å². The third-order valence-electron chi connectivity index (χ3n) is 3.45. The lowest BCUT2D eigenvalue weighted by Crippen LogP contribution is -2.47. The summed E-state index contributed by atoms with van der Waals surface area (Å²) in [5, 5.41) is 3.01. The van der Waals surface area contributed by atoms with Crippen LogP contribution in [0, 0.1) is 5.41 Å². The van der Waals surface area contributed by atoms with Gasteiger partial charge in [0.1, 0.15) is 0 Å². The van der Waals surface area contributed by atoms with E-state index in [1.807, 2.05) is 20.8 Å². The minimum atomic E-state index is -3.23. The number of ether oxygens (including phenoxy) is 1. The van der Waals surface area contributed by atoms with E-state index in [2.05, 4.69) is 5.32 Å². The van der Waals surface area contributed by atoms with Crippen LogP contribution in [0.4, 0.5) is 0 Å². The second-order valence-corrected chi connectivity index (χ2v) is 8.88. The Morgan fingerprint density at radius 3 is 2.33 bits per heavy atom. The maximum Gasteiger partial charge on any atom is 0.220 e. The van der Waals surface area contributed by atoms with Gasteiger partial charge in [0, 0.05) is 32.7 Å². The third-order valence-corrected chi connectivity index (χ3v) is 5.28. The summed E-state index contributed by atoms with van der Waals surface area (Å²) in [5.74, 6) is 0.0630. The van der Waals surface area contributed by atoms with E-state index in [4.69, 9.17) is 4.74 Å². The van der Waals surface area contributed by atoms with E-state index in [1.165, 1.54) is 11.4 Å². The molecule has 0 radical (unpaired) electrons. The van der Waals surface area contributed by atoms with Crippen LogP contribution in [-0.2, 0) is 19.6 Å². The van der Waals surface area contributed by atoms with E-state index in [0.29, 0.717) is 32.4 Å². The monoisotopic (exact) mass is 320 g/mol. The van der Waals surface area contributed by atoms with Gasteiger partial charge in [-0.3, -0.25) is 4.79 Å². The first-order valence-corrected chi connectivity index (χ1v) is 9.01. The zero-order valence-corrected chi connectivity index (χ0v) is 14.3. The number of nitrogens with zero attached hydrogens (tertiary/aromatic N) is 1. The molecule has 0 saturated carbocycles. The minimum absolute atomic E-state index is 0.0184. The molecule has 0 atom stereocenters. The summed E-state index contributed by atoms with van der Waals surface area (Å²) in [4.78, 5) is 11.9. The van der Waals surface area contributed by atoms with Crippen LogP contribution in [0.5, 0.6) is 0 Å². The van der Waals surface area contributed by atoms with Crippen LogP contribution in [-0.4, -0.2) is 57.2 Å². The Balaban J connectivity index is 2.40. The average molecular weight is 320 g/mol. The number of methoxy groups -OCH3 is 1. The van der Waals surface area contributed by atoms with Crippen molar-refractivity contribution in [1.82, 2.24) is 9.62 Å². The van der Waals surface area contributed by atoms with Crippen molar-refractivity contribution in [3.63, 3.8) is 0 Å². The highest BCUT2D eigenvalue weighted by Crippen LogP contribution is 2.19. The molecule has 0 aromatic carbocycles. The lowest BCUT2D eigenvalue weighted by molar-refractivity contribution is -0.123. The lowest BCUT2D eigenvalue weighted by atomic mass is 9.91. The van der Waals surface area contributed by atoms with E-state index in [-0.39, 0.29) is 29.7 Å². The average Bonchev–Trinajstić information content (AvgIpc) is 2.34. The topological polar surface area (TPSA) is 75.7 Å². The zero-order chi connectivity index (χ0) is 16.1. The summed E-state index contributed by atoms with van der Waals surface area (Å²) >= 11 is 0. The number of hydrogen-bond acceptors (Lipinski definition) is 4. The van der Waals surface area contributed by atoms with E-state index in [0.717, 1.165) is 0 Å². The summed E-state index contributed by atoms with van der Waals surface area (Å²) < 4.78 is 30.4. The highest BCUT2D eigenvalue weighted by atomic mass is 32.2. The van der Waals surface area contributed by atoms with Gasteiger partial charge in [0.15, 0.2) is 0 Å². The molecular weight excluding hydrogens is 292 g/mol. The summed E-state index contributed by atoms with van der Waals surface area (Å²) in [6, 6.07) is 0.0775. The van der Waals surface area contributed by atoms with Crippen LogP contribution in [0.3, 0.4) is 0 Å². The molecule has 1 rings (SSSR count). The van der Waals surface area contributed by atoms with Gasteiger partial charge in [-0.05, 0) is 18.3 Å². The smallest absolute Gasteiger partial charge is 0.220 e. The molecule has 1 heterocycles. The van der Waals surface area contributed by atoms with Crippen molar-refractivity contribution in [2.75, 3.05) is 32.6 Å². The number of nitrogens with one attached hydrogen (secondary N) is 1. The quantitative estimate of drug-likeness (QED) is 0.791. The summed E-state index contributed by atoms with van der Waals surface area (Å²) in [6.45, 7) is 7.22. The van der Waals surface area contributed by atoms with Crippen LogP contribution in [0.15, 0.2) is 0 Å². The fraction of sp³-hybridized carbons (Fsp3) is 0.929. The SMILES string of the molecule is COCCS(=O)(=O)N1CCC(NC(=O)CC(C)(C)C)CC1. The molecule has 1 saturated heterocycles. The molecule has 0 unspecified atom stereocenters. The first-order chi connectivity index (χ1) is 9.64. The molecule has 7 heteroatoms. The van der Waals surface area contributed by atoms with Crippen molar-refractivity contribution in [1.29, 1.82) is 0 Å². The van der Waals surface area contributed by atoms with Crippen LogP contribution in [0.2, 0.25) is 0 Å². The van der Waals surface area contributed by atoms with Crippen LogP contribution in [0.25, 0.3) is 0 Å². The molecule has 1 N–H and O–H groups in total. The Morgan fingerprint density at radius 2 is 1.86 bits per heavy atom. The molecule has 21 heavy (non-hydrogen) atoms. The molecule has 0 aromatic heterocycles. The summed E-state index contributed by atoms with van der Waals surface area (Å²) in [6.07, 6.45) is 1.82. The van der Waals surface area contributed by atoms with Crippen molar-refractivity contribution in [3.05, 3.63) is 0 Å². The molecule has 124 valence electrons. The Bertz CT molecular complexity index is 434. The number of carbonyl (C=O) groups is 1. The number of hydrogen-bond donors (Lipinski definition) is 1. The number of carbonyl (C=O) groups excluding carboxylic acids is 1. The Kier molecular flexibility index (Phi) is 6.62. The Labute approximate surface area is 128 Å². The van der Waals surface area contributed by atoms with E-state index < -0.39 is 10.0 Å². The van der Waals surface area contributed by atoms with Crippen molar-refractivity contribution in [2.24, 2.45) is 5.41 Å². The van der Waals surface area contributed by atoms with E-state index in [9.17, 15) is 13.2 Å². The fourth-order valence-corrected chi connectivity index (χ4v) is 3.76. The molecule has 1 aliphatic heterocycles. The standard InChI is InChI=1S/C14H28N2O4S/c1-14(2,3)11-13(17)15-12-5-7-16(8-6-12)21(18,19)10-9-20-4/h12H,5-11H2,1-4H3,(H,15,17). The second-order valence-electron chi connectivity index (χ2n) is 6.79. The van der Waals surface area contributed by atoms with Crippen molar-refractivity contribution in [3.8, 4) is 0 Å². The highest BCUT2D eigenvalue weighted by Gasteiger charge is 2.28. The Morgan fingerprint density at radius 1 is 1.29 bits per heavy atom. The van der Waals surface area contributed by atoms with Gasteiger partial charge in [0.25, 0.3) is 0 Å². The van der Waals surface area contributed by atoms with Gasteiger partial charge in [-0.25, -0.2) is 12.7 Å². The van der Waals surface area contributed by atoms with Crippen LogP contribution < -0.4 is 5.32 Å². The molecule has 0 aliphatic carbocycles. The highest BCUT2D eigenvalue weighted by molar-refractivity contribution is 7.89. The zero-order valence-electron chi connectivity index (χ0n) is 13.5. The van der Waals surface area contributed by atoms with Gasteiger partial charge in [0.2, 0.25) is 15.9 Å². The number of piperidine rings is 1. The molecular formula is C14H28N2O4S. The molecule has 0 aromatic rings. The largest absolute Gasteiger partial charge is 0.384 e. The predicted octanol–water partition coefficient (Wildman–Crippen LogP) is 0.979. The summed E-state index contributed by atoms with van der Waals surface area (Å²) in [7, 11) is -1.74. The van der Waals surface area contributed by atoms with Gasteiger partial charge in [-0.2, -0.15) is 0 Å². The van der Waals surface area contributed by atoms with Gasteiger partial charge < -0.3 is 10.1 Å². The predicted molar refractivity (Wildman–Crippen MR) is 82.5 cm³/mol. The first-order valence-electron chi connectivity index (χ1n) is 7.40. The molecule has 6 nitrogen and oxygen atoms in total. The molecule has 1 aliphatic rings. The maximum absolute atomic E-state index is 12.0. The summed E-state index contributed by atoms with van der Waals surface area (Å²) in [5.41, 5.74) is -0.0335. The van der Waals surface area contributed by atoms with Crippen LogP contribution in [0.1, 0.15) is 40.0 Å². The van der Waals surface area contributed by atoms with Gasteiger partial charge in [0.05, 0.1) is 12.4 Å². The maximum atomic E-state index is 12.0. The molecule has 0 bridgehead atoms. The van der Waals surface area contributed by atoms with E-state index >= 15 is 0 Å². The van der Waals surface area contributed by atoms with Crippen molar-refractivity contribution < 1.29 is 17.9 Å². The van der Waals surface area contributed by atoms with Gasteiger partial charge in [-0.15, -0.1) is 0 Å². The fourth-order valence-electron chi connectivity index (χ4n) is 2.36. The number of sulfonamides is 1. The van der Waals surface area contributed by atoms with E-state index in [1.54, 1.807) is 0 Å². The lowest BCUT2D eigenvalue weighted by Gasteiger charge is -2.32. The molecule has 1 fully saturated rings. The van der Waals surface area contributed by atoms with Crippen molar-refractivity contribution >= 4 is 15.9 Å². The molecule has 1 amide bonds. The van der Waals surface area contributed by atoms with Crippen LogP contribution >= 0.6 is 0 Å². The van der Waals surface area contributed by atoms with Gasteiger partial charge >= 0.3 is 0 Å². The second kappa shape index (κ2) is 7.56. The minimum Gasteiger partial charge on any atom is -0.384 e. The normalized spacial score (nSPS) is 18.7. The number of amides is 1. The van der Waals surface area contributed by atoms with Gasteiger partial charge in [-0.1, -0.05) is 20.8 Å². The number of rotatable bonds is 6. The molecule has 0 spiro atoms. The first kappa shape index (κ1) is 18.4. The Hall–Kier alpha value is -0.660.